The monoisotopic (exact) mass is 330 g/mol. The lowest BCUT2D eigenvalue weighted by Crippen LogP contribution is -2.24. The van der Waals surface area contributed by atoms with Crippen LogP contribution < -0.4 is 0 Å². The van der Waals surface area contributed by atoms with Crippen LogP contribution in [0.1, 0.15) is 23.7 Å². The number of hydrogen-bond acceptors (Lipinski definition) is 3. The van der Waals surface area contributed by atoms with E-state index in [4.69, 9.17) is 16.3 Å². The zero-order chi connectivity index (χ0) is 13.3. The summed E-state index contributed by atoms with van der Waals surface area (Å²) in [7, 11) is 0. The van der Waals surface area contributed by atoms with Gasteiger partial charge >= 0.3 is 5.97 Å². The average molecular weight is 332 g/mol. The molecule has 0 aromatic heterocycles. The predicted molar refractivity (Wildman–Crippen MR) is 71.8 cm³/mol. The van der Waals surface area contributed by atoms with Crippen molar-refractivity contribution < 1.29 is 14.3 Å². The number of alkyl halides is 1. The summed E-state index contributed by atoms with van der Waals surface area (Å²) in [6, 6.07) is 7.01. The smallest absolute Gasteiger partial charge is 0.327 e. The summed E-state index contributed by atoms with van der Waals surface area (Å²) in [6.45, 7) is 1.98. The number of carbonyl (C=O) groups excluding carboxylic acids is 2. The van der Waals surface area contributed by atoms with Gasteiger partial charge in [-0.3, -0.25) is 9.59 Å². The van der Waals surface area contributed by atoms with Gasteiger partial charge in [-0.25, -0.2) is 0 Å². The van der Waals surface area contributed by atoms with Gasteiger partial charge in [0.2, 0.25) is 0 Å². The highest BCUT2D eigenvalue weighted by Gasteiger charge is 2.63. The molecule has 0 amide bonds. The van der Waals surface area contributed by atoms with Crippen LogP contribution in [0.5, 0.6) is 0 Å². The average Bonchev–Trinajstić information content (AvgIpc) is 3.04. The van der Waals surface area contributed by atoms with Gasteiger partial charge in [-0.1, -0.05) is 28.1 Å². The molecule has 1 aliphatic rings. The quantitative estimate of drug-likeness (QED) is 0.483. The minimum absolute atomic E-state index is 0.106. The number of rotatable bonds is 4. The van der Waals surface area contributed by atoms with Gasteiger partial charge in [0.1, 0.15) is 0 Å². The predicted octanol–water partition coefficient (Wildman–Crippen LogP) is 3.19. The van der Waals surface area contributed by atoms with E-state index in [2.05, 4.69) is 15.9 Å². The van der Waals surface area contributed by atoms with Crippen LogP contribution in [0.15, 0.2) is 28.7 Å². The first-order valence-corrected chi connectivity index (χ1v) is 6.82. The van der Waals surface area contributed by atoms with Gasteiger partial charge < -0.3 is 4.74 Å². The topological polar surface area (TPSA) is 43.4 Å². The van der Waals surface area contributed by atoms with Crippen LogP contribution in [0.3, 0.4) is 0 Å². The van der Waals surface area contributed by atoms with E-state index < -0.39 is 16.8 Å². The van der Waals surface area contributed by atoms with Gasteiger partial charge in [0.15, 0.2) is 10.7 Å². The first kappa shape index (κ1) is 13.6. The molecule has 0 spiro atoms. The van der Waals surface area contributed by atoms with Crippen LogP contribution in [0.2, 0.25) is 0 Å². The summed E-state index contributed by atoms with van der Waals surface area (Å²) in [5, 5.41) is 0. The van der Waals surface area contributed by atoms with Crippen molar-refractivity contribution in [3.63, 3.8) is 0 Å². The highest BCUT2D eigenvalue weighted by atomic mass is 79.9. The number of carbonyl (C=O) groups is 2. The molecule has 0 saturated heterocycles. The number of hydrogen-bond donors (Lipinski definition) is 0. The highest BCUT2D eigenvalue weighted by molar-refractivity contribution is 9.10. The molecule has 0 radical (unpaired) electrons. The Morgan fingerprint density at radius 2 is 2.06 bits per heavy atom. The van der Waals surface area contributed by atoms with Crippen molar-refractivity contribution in [1.29, 1.82) is 0 Å². The molecule has 1 aromatic rings. The normalized spacial score (nSPS) is 25.6. The van der Waals surface area contributed by atoms with Gasteiger partial charge in [-0.05, 0) is 25.5 Å². The van der Waals surface area contributed by atoms with E-state index in [1.54, 1.807) is 31.2 Å². The van der Waals surface area contributed by atoms with E-state index in [0.717, 1.165) is 4.47 Å². The van der Waals surface area contributed by atoms with Gasteiger partial charge in [0.05, 0.1) is 12.5 Å². The first-order valence-electron chi connectivity index (χ1n) is 5.65. The minimum atomic E-state index is -1.15. The lowest BCUT2D eigenvalue weighted by Gasteiger charge is -2.07. The van der Waals surface area contributed by atoms with Crippen molar-refractivity contribution in [2.24, 2.45) is 5.92 Å². The summed E-state index contributed by atoms with van der Waals surface area (Å²) < 4.78 is 5.77. The highest BCUT2D eigenvalue weighted by Crippen LogP contribution is 2.52. The van der Waals surface area contributed by atoms with Crippen molar-refractivity contribution in [3.8, 4) is 0 Å². The van der Waals surface area contributed by atoms with Crippen molar-refractivity contribution in [2.75, 3.05) is 6.61 Å². The van der Waals surface area contributed by atoms with Crippen LogP contribution in [-0.4, -0.2) is 23.2 Å². The van der Waals surface area contributed by atoms with E-state index in [1.807, 2.05) is 0 Å². The number of Topliss-reactive ketones (excluding diaryl/α,β-unsaturated/α-hetero) is 1. The Labute approximate surface area is 119 Å². The molecule has 0 N–H and O–H groups in total. The number of esters is 1. The summed E-state index contributed by atoms with van der Waals surface area (Å²) in [4.78, 5) is 22.6. The van der Waals surface area contributed by atoms with Crippen molar-refractivity contribution in [3.05, 3.63) is 34.3 Å². The molecule has 1 aromatic carbocycles. The Balaban J connectivity index is 2.09. The van der Waals surface area contributed by atoms with Crippen LogP contribution in [-0.2, 0) is 9.53 Å². The fourth-order valence-corrected chi connectivity index (χ4v) is 2.40. The number of ether oxygens (including phenoxy) is 1. The van der Waals surface area contributed by atoms with E-state index in [0.29, 0.717) is 12.0 Å². The molecular formula is C13H12BrClO3. The lowest BCUT2D eigenvalue weighted by atomic mass is 10.1. The van der Waals surface area contributed by atoms with E-state index >= 15 is 0 Å². The van der Waals surface area contributed by atoms with Gasteiger partial charge in [-0.15, -0.1) is 11.6 Å². The SMILES string of the molecule is CCOC(=O)[C@]1(Cl)C[C@H]1C(=O)c1ccc(Br)cc1. The second-order valence-corrected chi connectivity index (χ2v) is 5.80. The lowest BCUT2D eigenvalue weighted by molar-refractivity contribution is -0.143. The van der Waals surface area contributed by atoms with Crippen molar-refractivity contribution >= 4 is 39.3 Å². The summed E-state index contributed by atoms with van der Waals surface area (Å²) >= 11 is 9.41. The Morgan fingerprint density at radius 3 is 2.61 bits per heavy atom. The Kier molecular flexibility index (Phi) is 3.78. The summed E-state index contributed by atoms with van der Waals surface area (Å²) in [5.41, 5.74) is 0.565. The number of ketones is 1. The summed E-state index contributed by atoms with van der Waals surface area (Å²) in [5.74, 6) is -1.08. The van der Waals surface area contributed by atoms with Crippen LogP contribution in [0.4, 0.5) is 0 Å². The maximum absolute atomic E-state index is 12.1. The molecule has 3 nitrogen and oxygen atoms in total. The largest absolute Gasteiger partial charge is 0.465 e. The zero-order valence-corrected chi connectivity index (χ0v) is 12.1. The maximum Gasteiger partial charge on any atom is 0.327 e. The molecule has 96 valence electrons. The van der Waals surface area contributed by atoms with Gasteiger partial charge in [0, 0.05) is 10.0 Å². The second-order valence-electron chi connectivity index (χ2n) is 4.21. The molecule has 18 heavy (non-hydrogen) atoms. The third-order valence-electron chi connectivity index (χ3n) is 2.95. The molecule has 1 fully saturated rings. The number of halogens is 2. The van der Waals surface area contributed by atoms with E-state index in [1.165, 1.54) is 0 Å². The molecular weight excluding hydrogens is 319 g/mol. The van der Waals surface area contributed by atoms with Gasteiger partial charge in [0.25, 0.3) is 0 Å². The summed E-state index contributed by atoms with van der Waals surface area (Å²) in [6.07, 6.45) is 0.349. The van der Waals surface area contributed by atoms with Crippen LogP contribution in [0, 0.1) is 5.92 Å². The van der Waals surface area contributed by atoms with E-state index in [9.17, 15) is 9.59 Å². The second kappa shape index (κ2) is 5.02. The molecule has 2 rings (SSSR count). The Hall–Kier alpha value is -0.870. The Morgan fingerprint density at radius 1 is 1.44 bits per heavy atom. The fraction of sp³-hybridized carbons (Fsp3) is 0.385. The molecule has 0 unspecified atom stereocenters. The molecule has 0 bridgehead atoms. The van der Waals surface area contributed by atoms with Gasteiger partial charge in [-0.2, -0.15) is 0 Å². The maximum atomic E-state index is 12.1. The van der Waals surface area contributed by atoms with Crippen LogP contribution in [0.25, 0.3) is 0 Å². The van der Waals surface area contributed by atoms with Crippen molar-refractivity contribution in [1.82, 2.24) is 0 Å². The molecule has 0 heterocycles. The first-order chi connectivity index (χ1) is 8.49. The van der Waals surface area contributed by atoms with Crippen LogP contribution >= 0.6 is 27.5 Å². The Bertz CT molecular complexity index is 486. The molecule has 0 aliphatic heterocycles. The third kappa shape index (κ3) is 2.45. The molecule has 5 heteroatoms. The minimum Gasteiger partial charge on any atom is -0.465 e. The fourth-order valence-electron chi connectivity index (χ4n) is 1.83. The molecule has 2 atom stereocenters. The van der Waals surface area contributed by atoms with E-state index in [-0.39, 0.29) is 12.4 Å². The van der Waals surface area contributed by atoms with Crippen molar-refractivity contribution in [2.45, 2.75) is 18.2 Å². The molecule has 1 aliphatic carbocycles. The number of benzene rings is 1. The standard InChI is InChI=1S/C13H12BrClO3/c1-2-18-12(17)13(15)7-10(13)11(16)8-3-5-9(14)6-4-8/h3-6,10H,2,7H2,1H3/t10-,13-/m0/s1. The zero-order valence-electron chi connectivity index (χ0n) is 9.78. The third-order valence-corrected chi connectivity index (χ3v) is 4.05. The molecule has 1 saturated carbocycles.